The summed E-state index contributed by atoms with van der Waals surface area (Å²) in [5, 5.41) is 5.44. The van der Waals surface area contributed by atoms with E-state index in [1.54, 1.807) is 0 Å². The van der Waals surface area contributed by atoms with Crippen molar-refractivity contribution in [3.05, 3.63) is 77.9 Å². The average Bonchev–Trinajstić information content (AvgIpc) is 2.45. The fraction of sp³-hybridized carbons (Fsp3) is 0.111. The van der Waals surface area contributed by atoms with Crippen molar-refractivity contribution in [2.45, 2.75) is 13.0 Å². The topological polar surface area (TPSA) is 12.0 Å². The maximum absolute atomic E-state index is 13.2. The Morgan fingerprint density at radius 2 is 1.48 bits per heavy atom. The molecule has 3 heteroatoms. The van der Waals surface area contributed by atoms with Gasteiger partial charge < -0.3 is 5.32 Å². The molecule has 0 fully saturated rings. The fourth-order valence-corrected chi connectivity index (χ4v) is 2.45. The molecule has 0 aliphatic carbocycles. The van der Waals surface area contributed by atoms with Crippen LogP contribution in [0, 0.1) is 11.6 Å². The van der Waals surface area contributed by atoms with Gasteiger partial charge in [-0.3, -0.25) is 0 Å². The van der Waals surface area contributed by atoms with Gasteiger partial charge in [-0.2, -0.15) is 0 Å². The zero-order chi connectivity index (χ0) is 14.8. The molecule has 0 spiro atoms. The van der Waals surface area contributed by atoms with Crippen molar-refractivity contribution >= 4 is 16.5 Å². The van der Waals surface area contributed by atoms with Gasteiger partial charge in [-0.05, 0) is 41.5 Å². The van der Waals surface area contributed by atoms with E-state index in [-0.39, 0.29) is 6.04 Å². The van der Waals surface area contributed by atoms with Crippen LogP contribution in [0.3, 0.4) is 0 Å². The van der Waals surface area contributed by atoms with Crippen LogP contribution in [0.25, 0.3) is 10.8 Å². The Kier molecular flexibility index (Phi) is 3.57. The van der Waals surface area contributed by atoms with Crippen LogP contribution in [0.15, 0.2) is 60.7 Å². The Labute approximate surface area is 122 Å². The molecule has 3 rings (SSSR count). The molecular formula is C18H15F2N. The summed E-state index contributed by atoms with van der Waals surface area (Å²) in [4.78, 5) is 0. The summed E-state index contributed by atoms with van der Waals surface area (Å²) >= 11 is 0. The number of hydrogen-bond acceptors (Lipinski definition) is 1. The maximum atomic E-state index is 13.2. The van der Waals surface area contributed by atoms with Crippen molar-refractivity contribution in [1.82, 2.24) is 0 Å². The quantitative estimate of drug-likeness (QED) is 0.688. The van der Waals surface area contributed by atoms with E-state index >= 15 is 0 Å². The Morgan fingerprint density at radius 3 is 2.19 bits per heavy atom. The molecule has 3 aromatic rings. The third kappa shape index (κ3) is 3.02. The molecule has 1 N–H and O–H groups in total. The summed E-state index contributed by atoms with van der Waals surface area (Å²) in [6.45, 7) is 1.97. The minimum atomic E-state index is -0.580. The summed E-state index contributed by atoms with van der Waals surface area (Å²) in [7, 11) is 0. The van der Waals surface area contributed by atoms with E-state index in [9.17, 15) is 8.78 Å². The van der Waals surface area contributed by atoms with Gasteiger partial charge in [0.15, 0.2) is 0 Å². The molecule has 0 bridgehead atoms. The number of halogens is 2. The number of hydrogen-bond donors (Lipinski definition) is 1. The molecule has 106 valence electrons. The highest BCUT2D eigenvalue weighted by molar-refractivity contribution is 5.83. The van der Waals surface area contributed by atoms with E-state index in [0.29, 0.717) is 5.69 Å². The summed E-state index contributed by atoms with van der Waals surface area (Å²) < 4.78 is 26.4. The lowest BCUT2D eigenvalue weighted by Gasteiger charge is -2.16. The Morgan fingerprint density at radius 1 is 0.810 bits per heavy atom. The fourth-order valence-electron chi connectivity index (χ4n) is 2.45. The van der Waals surface area contributed by atoms with Crippen LogP contribution in [-0.4, -0.2) is 0 Å². The number of rotatable bonds is 3. The first-order valence-electron chi connectivity index (χ1n) is 6.83. The smallest absolute Gasteiger partial charge is 0.128 e. The lowest BCUT2D eigenvalue weighted by atomic mass is 10.0. The van der Waals surface area contributed by atoms with Crippen LogP contribution in [0.2, 0.25) is 0 Å². The van der Waals surface area contributed by atoms with E-state index in [0.717, 1.165) is 17.0 Å². The molecule has 0 heterocycles. The van der Waals surface area contributed by atoms with Gasteiger partial charge in [-0.15, -0.1) is 0 Å². The largest absolute Gasteiger partial charge is 0.378 e. The second kappa shape index (κ2) is 5.52. The molecule has 0 saturated heterocycles. The molecule has 3 aromatic carbocycles. The van der Waals surface area contributed by atoms with Gasteiger partial charge in [0.25, 0.3) is 0 Å². The van der Waals surface area contributed by atoms with Crippen LogP contribution in [-0.2, 0) is 0 Å². The molecule has 0 aliphatic heterocycles. The molecule has 0 aliphatic rings. The predicted octanol–water partition coefficient (Wildman–Crippen LogP) is 5.29. The van der Waals surface area contributed by atoms with Gasteiger partial charge in [0.05, 0.1) is 0 Å². The van der Waals surface area contributed by atoms with Gasteiger partial charge in [0, 0.05) is 17.8 Å². The average molecular weight is 283 g/mol. The van der Waals surface area contributed by atoms with Gasteiger partial charge in [0.2, 0.25) is 0 Å². The van der Waals surface area contributed by atoms with Crippen molar-refractivity contribution in [2.24, 2.45) is 0 Å². The zero-order valence-electron chi connectivity index (χ0n) is 11.6. The van der Waals surface area contributed by atoms with Crippen LogP contribution < -0.4 is 5.32 Å². The van der Waals surface area contributed by atoms with Gasteiger partial charge in [0.1, 0.15) is 11.6 Å². The minimum Gasteiger partial charge on any atom is -0.378 e. The second-order valence-electron chi connectivity index (χ2n) is 5.13. The van der Waals surface area contributed by atoms with Crippen molar-refractivity contribution in [3.63, 3.8) is 0 Å². The predicted molar refractivity (Wildman–Crippen MR) is 82.3 cm³/mol. The van der Waals surface area contributed by atoms with E-state index in [1.165, 1.54) is 17.5 Å². The van der Waals surface area contributed by atoms with Crippen LogP contribution in [0.4, 0.5) is 14.5 Å². The number of fused-ring (bicyclic) bond motifs is 1. The lowest BCUT2D eigenvalue weighted by Crippen LogP contribution is -2.07. The summed E-state index contributed by atoms with van der Waals surface area (Å²) in [6.07, 6.45) is 0. The van der Waals surface area contributed by atoms with Crippen molar-refractivity contribution in [3.8, 4) is 0 Å². The van der Waals surface area contributed by atoms with Crippen molar-refractivity contribution in [2.75, 3.05) is 5.32 Å². The normalized spacial score (nSPS) is 12.3. The molecule has 1 atom stereocenters. The summed E-state index contributed by atoms with van der Waals surface area (Å²) in [6, 6.07) is 17.7. The van der Waals surface area contributed by atoms with E-state index in [2.05, 4.69) is 23.5 Å². The second-order valence-corrected chi connectivity index (χ2v) is 5.13. The first-order chi connectivity index (χ1) is 10.1. The maximum Gasteiger partial charge on any atom is 0.128 e. The Bertz CT molecular complexity index is 763. The van der Waals surface area contributed by atoms with Gasteiger partial charge in [-0.1, -0.05) is 36.4 Å². The zero-order valence-corrected chi connectivity index (χ0v) is 11.6. The first-order valence-corrected chi connectivity index (χ1v) is 6.83. The third-order valence-electron chi connectivity index (χ3n) is 3.52. The Hall–Kier alpha value is -2.42. The number of anilines is 1. The monoisotopic (exact) mass is 283 g/mol. The summed E-state index contributed by atoms with van der Waals surface area (Å²) in [5.74, 6) is -1.16. The molecule has 0 saturated carbocycles. The van der Waals surface area contributed by atoms with Gasteiger partial charge in [-0.25, -0.2) is 8.78 Å². The molecule has 0 radical (unpaired) electrons. The van der Waals surface area contributed by atoms with Crippen molar-refractivity contribution < 1.29 is 8.78 Å². The standard InChI is InChI=1S/C18H15F2N/c1-12(21-18-10-16(19)9-17(20)11-18)14-7-6-13-4-2-3-5-15(13)8-14/h2-12,21H,1H3. The highest BCUT2D eigenvalue weighted by Gasteiger charge is 2.08. The highest BCUT2D eigenvalue weighted by atomic mass is 19.1. The first kappa shape index (κ1) is 13.6. The SMILES string of the molecule is CC(Nc1cc(F)cc(F)c1)c1ccc2ccccc2c1. The minimum absolute atomic E-state index is 0.0455. The van der Waals surface area contributed by atoms with Crippen LogP contribution in [0.1, 0.15) is 18.5 Å². The highest BCUT2D eigenvalue weighted by Crippen LogP contribution is 2.24. The number of benzene rings is 3. The van der Waals surface area contributed by atoms with E-state index in [4.69, 9.17) is 0 Å². The summed E-state index contributed by atoms with van der Waals surface area (Å²) in [5.41, 5.74) is 1.51. The Balaban J connectivity index is 1.87. The molecular weight excluding hydrogens is 268 g/mol. The lowest BCUT2D eigenvalue weighted by molar-refractivity contribution is 0.583. The van der Waals surface area contributed by atoms with E-state index < -0.39 is 11.6 Å². The molecule has 1 unspecified atom stereocenters. The van der Waals surface area contributed by atoms with E-state index in [1.807, 2.05) is 31.2 Å². The van der Waals surface area contributed by atoms with Crippen LogP contribution in [0.5, 0.6) is 0 Å². The molecule has 0 amide bonds. The van der Waals surface area contributed by atoms with Crippen LogP contribution >= 0.6 is 0 Å². The molecule has 21 heavy (non-hydrogen) atoms. The van der Waals surface area contributed by atoms with Crippen molar-refractivity contribution in [1.29, 1.82) is 0 Å². The third-order valence-corrected chi connectivity index (χ3v) is 3.52. The molecule has 1 nitrogen and oxygen atoms in total. The number of nitrogens with one attached hydrogen (secondary N) is 1. The molecule has 0 aromatic heterocycles. The van der Waals surface area contributed by atoms with Gasteiger partial charge >= 0.3 is 0 Å².